The van der Waals surface area contributed by atoms with Crippen molar-refractivity contribution in [3.05, 3.63) is 53.3 Å². The summed E-state index contributed by atoms with van der Waals surface area (Å²) in [7, 11) is 1.40. The van der Waals surface area contributed by atoms with Gasteiger partial charge in [-0.2, -0.15) is 5.26 Å². The first-order chi connectivity index (χ1) is 9.06. The molecule has 0 spiro atoms. The minimum absolute atomic E-state index is 0.0159. The van der Waals surface area contributed by atoms with Gasteiger partial charge in [0.05, 0.1) is 18.7 Å². The topological polar surface area (TPSA) is 33.0 Å². The molecule has 2 aromatic carbocycles. The first kappa shape index (κ1) is 13.0. The lowest BCUT2D eigenvalue weighted by Gasteiger charge is -2.08. The van der Waals surface area contributed by atoms with Gasteiger partial charge in [0.25, 0.3) is 0 Å². The molecule has 0 aromatic heterocycles. The van der Waals surface area contributed by atoms with Gasteiger partial charge >= 0.3 is 0 Å². The van der Waals surface area contributed by atoms with Crippen LogP contribution in [0, 0.1) is 28.8 Å². The lowest BCUT2D eigenvalue weighted by molar-refractivity contribution is 0.414. The van der Waals surface area contributed by atoms with Gasteiger partial charge < -0.3 is 4.74 Å². The van der Waals surface area contributed by atoms with Gasteiger partial charge in [-0.05, 0) is 30.3 Å². The lowest BCUT2D eigenvalue weighted by Crippen LogP contribution is -1.94. The normalized spacial score (nSPS) is 10.1. The van der Waals surface area contributed by atoms with Crippen LogP contribution in [0.3, 0.4) is 0 Å². The van der Waals surface area contributed by atoms with Crippen LogP contribution in [0.5, 0.6) is 5.75 Å². The Morgan fingerprint density at radius 2 is 1.63 bits per heavy atom. The molecule has 0 atom stereocenters. The zero-order valence-corrected chi connectivity index (χ0v) is 9.88. The fraction of sp³-hybridized carbons (Fsp3) is 0.0714. The maximum absolute atomic E-state index is 13.8. The second-order valence-electron chi connectivity index (χ2n) is 3.77. The van der Waals surface area contributed by atoms with Crippen LogP contribution in [0.25, 0.3) is 11.1 Å². The summed E-state index contributed by atoms with van der Waals surface area (Å²) in [6.07, 6.45) is 0. The van der Waals surface area contributed by atoms with Gasteiger partial charge in [0.2, 0.25) is 0 Å². The molecule has 96 valence electrons. The van der Waals surface area contributed by atoms with E-state index in [-0.39, 0.29) is 16.7 Å². The molecule has 0 aliphatic heterocycles. The summed E-state index contributed by atoms with van der Waals surface area (Å²) in [5.41, 5.74) is -0.182. The van der Waals surface area contributed by atoms with Crippen LogP contribution < -0.4 is 4.74 Å². The summed E-state index contributed by atoms with van der Waals surface area (Å²) in [4.78, 5) is 0. The molecule has 2 aromatic rings. The van der Waals surface area contributed by atoms with Crippen molar-refractivity contribution < 1.29 is 17.9 Å². The van der Waals surface area contributed by atoms with E-state index < -0.39 is 17.5 Å². The van der Waals surface area contributed by atoms with Crippen LogP contribution in [-0.2, 0) is 0 Å². The van der Waals surface area contributed by atoms with Crippen molar-refractivity contribution in [2.45, 2.75) is 0 Å². The number of halogens is 3. The Morgan fingerprint density at radius 1 is 0.947 bits per heavy atom. The Kier molecular flexibility index (Phi) is 3.43. The number of rotatable bonds is 2. The number of ether oxygens (including phenoxy) is 1. The molecule has 19 heavy (non-hydrogen) atoms. The molecule has 0 saturated carbocycles. The first-order valence-corrected chi connectivity index (χ1v) is 5.30. The second kappa shape index (κ2) is 5.02. The first-order valence-electron chi connectivity index (χ1n) is 5.30. The molecule has 0 unspecified atom stereocenters. The molecule has 2 nitrogen and oxygen atoms in total. The SMILES string of the molecule is COc1ccc(F)c(-c2cc(F)c(F)cc2C#N)c1. The molecule has 0 fully saturated rings. The summed E-state index contributed by atoms with van der Waals surface area (Å²) in [6.45, 7) is 0. The monoisotopic (exact) mass is 263 g/mol. The third-order valence-electron chi connectivity index (χ3n) is 2.64. The van der Waals surface area contributed by atoms with Gasteiger partial charge in [0.1, 0.15) is 11.6 Å². The Labute approximate surface area is 107 Å². The van der Waals surface area contributed by atoms with Crippen molar-refractivity contribution in [3.63, 3.8) is 0 Å². The van der Waals surface area contributed by atoms with Crippen molar-refractivity contribution in [2.75, 3.05) is 7.11 Å². The maximum Gasteiger partial charge on any atom is 0.160 e. The standard InChI is InChI=1S/C14H8F3NO/c1-19-9-2-3-12(15)11(5-9)10-6-14(17)13(16)4-8(10)7-18/h2-6H,1H3. The quantitative estimate of drug-likeness (QED) is 0.828. The van der Waals surface area contributed by atoms with Crippen LogP contribution in [-0.4, -0.2) is 7.11 Å². The Bertz CT molecular complexity index is 677. The van der Waals surface area contributed by atoms with Crippen molar-refractivity contribution in [1.82, 2.24) is 0 Å². The molecule has 0 N–H and O–H groups in total. The zero-order chi connectivity index (χ0) is 14.0. The number of hydrogen-bond donors (Lipinski definition) is 0. The van der Waals surface area contributed by atoms with Gasteiger partial charge in [0.15, 0.2) is 11.6 Å². The molecule has 0 saturated heterocycles. The molecule has 2 rings (SSSR count). The predicted octanol–water partition coefficient (Wildman–Crippen LogP) is 3.65. The molecular weight excluding hydrogens is 255 g/mol. The zero-order valence-electron chi connectivity index (χ0n) is 9.88. The lowest BCUT2D eigenvalue weighted by atomic mass is 9.99. The van der Waals surface area contributed by atoms with Crippen LogP contribution in [0.1, 0.15) is 5.56 Å². The average molecular weight is 263 g/mol. The van der Waals surface area contributed by atoms with Gasteiger partial charge in [-0.25, -0.2) is 13.2 Å². The van der Waals surface area contributed by atoms with Crippen LogP contribution >= 0.6 is 0 Å². The second-order valence-corrected chi connectivity index (χ2v) is 3.77. The van der Waals surface area contributed by atoms with E-state index >= 15 is 0 Å². The van der Waals surface area contributed by atoms with E-state index in [1.165, 1.54) is 19.2 Å². The number of nitrogens with zero attached hydrogens (tertiary/aromatic N) is 1. The van der Waals surface area contributed by atoms with E-state index in [1.54, 1.807) is 6.07 Å². The summed E-state index contributed by atoms with van der Waals surface area (Å²) in [5, 5.41) is 8.92. The fourth-order valence-electron chi connectivity index (χ4n) is 1.70. The highest BCUT2D eigenvalue weighted by molar-refractivity contribution is 5.72. The van der Waals surface area contributed by atoms with Crippen molar-refractivity contribution >= 4 is 0 Å². The third kappa shape index (κ3) is 2.38. The number of methoxy groups -OCH3 is 1. The highest BCUT2D eigenvalue weighted by atomic mass is 19.2. The van der Waals surface area contributed by atoms with E-state index in [2.05, 4.69) is 0 Å². The third-order valence-corrected chi connectivity index (χ3v) is 2.64. The largest absolute Gasteiger partial charge is 0.497 e. The molecule has 0 radical (unpaired) electrons. The molecule has 0 amide bonds. The summed E-state index contributed by atoms with van der Waals surface area (Å²) < 4.78 is 45.0. The van der Waals surface area contributed by atoms with Gasteiger partial charge in [0, 0.05) is 11.1 Å². The molecule has 0 bridgehead atoms. The smallest absolute Gasteiger partial charge is 0.160 e. The van der Waals surface area contributed by atoms with E-state index in [9.17, 15) is 13.2 Å². The van der Waals surface area contributed by atoms with Gasteiger partial charge in [-0.15, -0.1) is 0 Å². The summed E-state index contributed by atoms with van der Waals surface area (Å²) in [5.74, 6) is -2.59. The van der Waals surface area contributed by atoms with E-state index in [1.807, 2.05) is 0 Å². The van der Waals surface area contributed by atoms with Crippen molar-refractivity contribution in [2.24, 2.45) is 0 Å². The van der Waals surface area contributed by atoms with Crippen LogP contribution in [0.4, 0.5) is 13.2 Å². The van der Waals surface area contributed by atoms with E-state index in [4.69, 9.17) is 10.00 Å². The highest BCUT2D eigenvalue weighted by Crippen LogP contribution is 2.30. The summed E-state index contributed by atoms with van der Waals surface area (Å²) >= 11 is 0. The van der Waals surface area contributed by atoms with Crippen molar-refractivity contribution in [3.8, 4) is 22.9 Å². The maximum atomic E-state index is 13.8. The predicted molar refractivity (Wildman–Crippen MR) is 63.0 cm³/mol. The Balaban J connectivity index is 2.71. The average Bonchev–Trinajstić information content (AvgIpc) is 2.42. The van der Waals surface area contributed by atoms with Crippen molar-refractivity contribution in [1.29, 1.82) is 5.26 Å². The molecular formula is C14H8F3NO. The Hall–Kier alpha value is -2.48. The van der Waals surface area contributed by atoms with E-state index in [0.717, 1.165) is 18.2 Å². The van der Waals surface area contributed by atoms with Crippen LogP contribution in [0.2, 0.25) is 0 Å². The summed E-state index contributed by atoms with van der Waals surface area (Å²) in [6, 6.07) is 7.10. The highest BCUT2D eigenvalue weighted by Gasteiger charge is 2.15. The van der Waals surface area contributed by atoms with E-state index in [0.29, 0.717) is 5.75 Å². The molecule has 0 aliphatic carbocycles. The molecule has 5 heteroatoms. The number of nitriles is 1. The number of hydrogen-bond acceptors (Lipinski definition) is 2. The molecule has 0 heterocycles. The Morgan fingerprint density at radius 3 is 2.26 bits per heavy atom. The van der Waals surface area contributed by atoms with Gasteiger partial charge in [-0.1, -0.05) is 0 Å². The van der Waals surface area contributed by atoms with Crippen LogP contribution in [0.15, 0.2) is 30.3 Å². The van der Waals surface area contributed by atoms with Gasteiger partial charge in [-0.3, -0.25) is 0 Å². The minimum atomic E-state index is -1.15. The fourth-order valence-corrected chi connectivity index (χ4v) is 1.70. The number of benzene rings is 2. The molecule has 0 aliphatic rings. The minimum Gasteiger partial charge on any atom is -0.497 e.